The molecular weight excluding hydrogens is 320 g/mol. The summed E-state index contributed by atoms with van der Waals surface area (Å²) >= 11 is 0. The molecule has 1 saturated carbocycles. The number of benzene rings is 1. The standard InChI is InChI=1S/C24H38O2/c1-3-5-6-7-8-9-20-10-12-21(13-11-20)14-15-22-16-18-23(19-17-22)24(25)26-4-2/h16-21H,3-15H2,1-2H3/t20-,21-. The maximum absolute atomic E-state index is 11.7. The van der Waals surface area contributed by atoms with Crippen molar-refractivity contribution in [3.63, 3.8) is 0 Å². The summed E-state index contributed by atoms with van der Waals surface area (Å²) in [6.07, 6.45) is 16.7. The van der Waals surface area contributed by atoms with Gasteiger partial charge in [0.1, 0.15) is 0 Å². The van der Waals surface area contributed by atoms with Crippen LogP contribution in [-0.4, -0.2) is 12.6 Å². The molecule has 0 unspecified atom stereocenters. The van der Waals surface area contributed by atoms with Crippen molar-refractivity contribution in [3.8, 4) is 0 Å². The lowest BCUT2D eigenvalue weighted by Crippen LogP contribution is -2.15. The molecule has 1 aromatic rings. The topological polar surface area (TPSA) is 26.3 Å². The Labute approximate surface area is 160 Å². The zero-order valence-electron chi connectivity index (χ0n) is 17.0. The maximum Gasteiger partial charge on any atom is 0.338 e. The third kappa shape index (κ3) is 7.51. The Morgan fingerprint density at radius 2 is 1.50 bits per heavy atom. The number of rotatable bonds is 11. The Bertz CT molecular complexity index is 497. The lowest BCUT2D eigenvalue weighted by Gasteiger charge is -2.28. The van der Waals surface area contributed by atoms with Crippen LogP contribution in [0.3, 0.4) is 0 Å². The van der Waals surface area contributed by atoms with Gasteiger partial charge in [-0.25, -0.2) is 4.79 Å². The molecule has 0 bridgehead atoms. The quantitative estimate of drug-likeness (QED) is 0.315. The minimum atomic E-state index is -0.216. The number of aryl methyl sites for hydroxylation is 1. The van der Waals surface area contributed by atoms with Gasteiger partial charge in [0, 0.05) is 0 Å². The zero-order chi connectivity index (χ0) is 18.6. The van der Waals surface area contributed by atoms with E-state index in [0.29, 0.717) is 12.2 Å². The minimum absolute atomic E-state index is 0.216. The van der Waals surface area contributed by atoms with E-state index in [9.17, 15) is 4.79 Å². The highest BCUT2D eigenvalue weighted by molar-refractivity contribution is 5.89. The molecule has 146 valence electrons. The van der Waals surface area contributed by atoms with E-state index in [-0.39, 0.29) is 5.97 Å². The molecule has 0 radical (unpaired) electrons. The summed E-state index contributed by atoms with van der Waals surface area (Å²) in [6, 6.07) is 7.99. The Balaban J connectivity index is 1.61. The van der Waals surface area contributed by atoms with Gasteiger partial charge in [-0.05, 0) is 49.3 Å². The Morgan fingerprint density at radius 3 is 2.12 bits per heavy atom. The molecule has 1 fully saturated rings. The molecule has 0 heterocycles. The summed E-state index contributed by atoms with van der Waals surface area (Å²) in [4.78, 5) is 11.7. The van der Waals surface area contributed by atoms with E-state index < -0.39 is 0 Å². The fraction of sp³-hybridized carbons (Fsp3) is 0.708. The number of carbonyl (C=O) groups is 1. The lowest BCUT2D eigenvalue weighted by molar-refractivity contribution is 0.0526. The van der Waals surface area contributed by atoms with Crippen LogP contribution >= 0.6 is 0 Å². The number of unbranched alkanes of at least 4 members (excludes halogenated alkanes) is 4. The van der Waals surface area contributed by atoms with Crippen LogP contribution < -0.4 is 0 Å². The van der Waals surface area contributed by atoms with Crippen LogP contribution in [0.2, 0.25) is 0 Å². The average Bonchev–Trinajstić information content (AvgIpc) is 2.68. The maximum atomic E-state index is 11.7. The van der Waals surface area contributed by atoms with Crippen molar-refractivity contribution in [1.29, 1.82) is 0 Å². The fourth-order valence-electron chi connectivity index (χ4n) is 4.24. The van der Waals surface area contributed by atoms with E-state index in [1.165, 1.54) is 76.2 Å². The highest BCUT2D eigenvalue weighted by Crippen LogP contribution is 2.34. The molecular formula is C24H38O2. The third-order valence-corrected chi connectivity index (χ3v) is 5.99. The van der Waals surface area contributed by atoms with Gasteiger partial charge in [0.05, 0.1) is 12.2 Å². The lowest BCUT2D eigenvalue weighted by atomic mass is 9.77. The third-order valence-electron chi connectivity index (χ3n) is 5.99. The molecule has 0 aliphatic heterocycles. The summed E-state index contributed by atoms with van der Waals surface area (Å²) < 4.78 is 5.04. The van der Waals surface area contributed by atoms with Crippen LogP contribution in [-0.2, 0) is 11.2 Å². The van der Waals surface area contributed by atoms with Gasteiger partial charge >= 0.3 is 5.97 Å². The van der Waals surface area contributed by atoms with Crippen LogP contribution in [0.5, 0.6) is 0 Å². The monoisotopic (exact) mass is 358 g/mol. The van der Waals surface area contributed by atoms with Crippen LogP contribution in [0.1, 0.15) is 100 Å². The van der Waals surface area contributed by atoms with Crippen molar-refractivity contribution in [2.75, 3.05) is 6.61 Å². The number of hydrogen-bond donors (Lipinski definition) is 0. The van der Waals surface area contributed by atoms with Gasteiger partial charge in [-0.2, -0.15) is 0 Å². The number of hydrogen-bond acceptors (Lipinski definition) is 2. The average molecular weight is 359 g/mol. The number of esters is 1. The van der Waals surface area contributed by atoms with E-state index in [1.54, 1.807) is 0 Å². The molecule has 0 spiro atoms. The predicted octanol–water partition coefficient (Wildman–Crippen LogP) is 6.96. The van der Waals surface area contributed by atoms with Gasteiger partial charge in [0.15, 0.2) is 0 Å². The molecule has 26 heavy (non-hydrogen) atoms. The van der Waals surface area contributed by atoms with Gasteiger partial charge in [-0.15, -0.1) is 0 Å². The highest BCUT2D eigenvalue weighted by Gasteiger charge is 2.20. The van der Waals surface area contributed by atoms with Crippen molar-refractivity contribution in [2.45, 2.75) is 90.9 Å². The Morgan fingerprint density at radius 1 is 0.885 bits per heavy atom. The number of carbonyl (C=O) groups excluding carboxylic acids is 1. The van der Waals surface area contributed by atoms with Crippen molar-refractivity contribution in [3.05, 3.63) is 35.4 Å². The Hall–Kier alpha value is -1.31. The second kappa shape index (κ2) is 12.1. The second-order valence-corrected chi connectivity index (χ2v) is 8.05. The highest BCUT2D eigenvalue weighted by atomic mass is 16.5. The molecule has 2 rings (SSSR count). The molecule has 1 aliphatic rings. The van der Waals surface area contributed by atoms with E-state index in [4.69, 9.17) is 4.74 Å². The molecule has 0 atom stereocenters. The smallest absolute Gasteiger partial charge is 0.338 e. The summed E-state index contributed by atoms with van der Waals surface area (Å²) in [6.45, 7) is 4.56. The summed E-state index contributed by atoms with van der Waals surface area (Å²) in [5, 5.41) is 0. The largest absolute Gasteiger partial charge is 0.462 e. The normalized spacial score (nSPS) is 20.1. The molecule has 0 aromatic heterocycles. The van der Waals surface area contributed by atoms with Gasteiger partial charge in [0.25, 0.3) is 0 Å². The SMILES string of the molecule is CCCCCCC[C@H]1CC[C@H](CCc2ccc(C(=O)OCC)cc2)CC1. The molecule has 0 amide bonds. The van der Waals surface area contributed by atoms with Crippen molar-refractivity contribution in [2.24, 2.45) is 11.8 Å². The van der Waals surface area contributed by atoms with E-state index in [1.807, 2.05) is 19.1 Å². The van der Waals surface area contributed by atoms with Gasteiger partial charge in [0.2, 0.25) is 0 Å². The van der Waals surface area contributed by atoms with Crippen LogP contribution in [0.4, 0.5) is 0 Å². The molecule has 2 nitrogen and oxygen atoms in total. The first kappa shape index (κ1) is 21.0. The van der Waals surface area contributed by atoms with Crippen molar-refractivity contribution in [1.82, 2.24) is 0 Å². The minimum Gasteiger partial charge on any atom is -0.462 e. The summed E-state index contributed by atoms with van der Waals surface area (Å²) in [5.74, 6) is 1.68. The predicted molar refractivity (Wildman–Crippen MR) is 110 cm³/mol. The van der Waals surface area contributed by atoms with Crippen LogP contribution in [0.25, 0.3) is 0 Å². The first-order valence-corrected chi connectivity index (χ1v) is 11.0. The Kier molecular flexibility index (Phi) is 9.81. The molecule has 1 aromatic carbocycles. The van der Waals surface area contributed by atoms with Crippen LogP contribution in [0.15, 0.2) is 24.3 Å². The molecule has 1 aliphatic carbocycles. The van der Waals surface area contributed by atoms with Gasteiger partial charge < -0.3 is 4.74 Å². The van der Waals surface area contributed by atoms with Crippen LogP contribution in [0, 0.1) is 11.8 Å². The summed E-state index contributed by atoms with van der Waals surface area (Å²) in [5.41, 5.74) is 2.01. The van der Waals surface area contributed by atoms with Crippen molar-refractivity contribution < 1.29 is 9.53 Å². The molecule has 0 saturated heterocycles. The molecule has 2 heteroatoms. The van der Waals surface area contributed by atoms with Gasteiger partial charge in [-0.3, -0.25) is 0 Å². The fourth-order valence-corrected chi connectivity index (χ4v) is 4.24. The first-order valence-electron chi connectivity index (χ1n) is 11.0. The van der Waals surface area contributed by atoms with Crippen molar-refractivity contribution >= 4 is 5.97 Å². The van der Waals surface area contributed by atoms with E-state index in [2.05, 4.69) is 19.1 Å². The van der Waals surface area contributed by atoms with E-state index >= 15 is 0 Å². The molecule has 0 N–H and O–H groups in total. The van der Waals surface area contributed by atoms with Gasteiger partial charge in [-0.1, -0.05) is 83.3 Å². The number of ether oxygens (including phenoxy) is 1. The summed E-state index contributed by atoms with van der Waals surface area (Å²) in [7, 11) is 0. The van der Waals surface area contributed by atoms with E-state index in [0.717, 1.165) is 18.3 Å². The first-order chi connectivity index (χ1) is 12.7. The second-order valence-electron chi connectivity index (χ2n) is 8.05. The zero-order valence-corrected chi connectivity index (χ0v) is 17.0.